The minimum absolute atomic E-state index is 0. The third-order valence-electron chi connectivity index (χ3n) is 0.301. The van der Waals surface area contributed by atoms with E-state index in [1.54, 1.807) is 0 Å². The second-order valence-electron chi connectivity index (χ2n) is 0.861. The average Bonchev–Trinajstić information content (AvgIpc) is 1.36. The van der Waals surface area contributed by atoms with Crippen LogP contribution in [0.4, 0.5) is 0 Å². The van der Waals surface area contributed by atoms with Crippen molar-refractivity contribution in [2.24, 2.45) is 0 Å². The monoisotopic (exact) mass is 184 g/mol. The van der Waals surface area contributed by atoms with E-state index in [1.807, 2.05) is 0 Å². The standard InChI is InChI=1S/C3H4O3.Ca.3H2O.2H/c1-2(4)3(5)6;;;;;;/h1H3,(H,5,6);;3*1H2;;. The zero-order valence-corrected chi connectivity index (χ0v) is 4.76. The second-order valence-corrected chi connectivity index (χ2v) is 0.861. The number of hydrogen-bond acceptors (Lipinski definition) is 2. The first kappa shape index (κ1) is 31.8. The van der Waals surface area contributed by atoms with Gasteiger partial charge in [-0.25, -0.2) is 4.79 Å². The Balaban J connectivity index is -0.0000000208. The molecule has 0 unspecified atom stereocenters. The van der Waals surface area contributed by atoms with Crippen LogP contribution in [0, 0.1) is 0 Å². The van der Waals surface area contributed by atoms with Gasteiger partial charge in [-0.15, -0.1) is 0 Å². The van der Waals surface area contributed by atoms with Gasteiger partial charge in [0.25, 0.3) is 0 Å². The number of carboxylic acid groups (broad SMARTS) is 1. The molecule has 0 bridgehead atoms. The molecule has 0 aromatic heterocycles. The fourth-order valence-corrected chi connectivity index (χ4v) is 0. The van der Waals surface area contributed by atoms with Crippen LogP contribution < -0.4 is 0 Å². The molecule has 0 aliphatic rings. The van der Waals surface area contributed by atoms with Gasteiger partial charge in [0.05, 0.1) is 0 Å². The van der Waals surface area contributed by atoms with E-state index in [2.05, 4.69) is 0 Å². The van der Waals surface area contributed by atoms with Crippen LogP contribution in [0.15, 0.2) is 0 Å². The van der Waals surface area contributed by atoms with Crippen LogP contribution in [-0.2, 0) is 9.59 Å². The maximum atomic E-state index is 9.54. The van der Waals surface area contributed by atoms with Gasteiger partial charge in [0.15, 0.2) is 0 Å². The van der Waals surface area contributed by atoms with Crippen LogP contribution in [0.1, 0.15) is 6.92 Å². The first-order chi connectivity index (χ1) is 2.64. The van der Waals surface area contributed by atoms with Gasteiger partial charge >= 0.3 is 43.7 Å². The van der Waals surface area contributed by atoms with Crippen molar-refractivity contribution < 1.29 is 31.1 Å². The molecule has 0 aliphatic heterocycles. The van der Waals surface area contributed by atoms with Crippen LogP contribution in [0.5, 0.6) is 0 Å². The Morgan fingerprint density at radius 2 is 1.20 bits per heavy atom. The van der Waals surface area contributed by atoms with E-state index in [0.717, 1.165) is 6.92 Å². The number of carbonyl (C=O) groups is 2. The summed E-state index contributed by atoms with van der Waals surface area (Å²) in [6.45, 7) is 1.00. The predicted octanol–water partition coefficient (Wildman–Crippen LogP) is -3.73. The summed E-state index contributed by atoms with van der Waals surface area (Å²) in [7, 11) is 0. The molecule has 0 amide bonds. The Labute approximate surface area is 87.1 Å². The van der Waals surface area contributed by atoms with Crippen molar-refractivity contribution in [1.82, 2.24) is 0 Å². The molecule has 0 rings (SSSR count). The van der Waals surface area contributed by atoms with Gasteiger partial charge in [-0.05, 0) is 0 Å². The molecule has 10 heavy (non-hydrogen) atoms. The Morgan fingerprint density at radius 1 is 1.10 bits per heavy atom. The van der Waals surface area contributed by atoms with Crippen molar-refractivity contribution in [1.29, 1.82) is 0 Å². The van der Waals surface area contributed by atoms with E-state index in [9.17, 15) is 9.59 Å². The summed E-state index contributed by atoms with van der Waals surface area (Å²) in [6.07, 6.45) is 0. The third-order valence-corrected chi connectivity index (χ3v) is 0.301. The van der Waals surface area contributed by atoms with E-state index in [-0.39, 0.29) is 54.2 Å². The van der Waals surface area contributed by atoms with Crippen molar-refractivity contribution in [2.45, 2.75) is 6.92 Å². The molecule has 0 atom stereocenters. The number of ketones is 1. The topological polar surface area (TPSA) is 149 Å². The van der Waals surface area contributed by atoms with Crippen LogP contribution in [0.2, 0.25) is 0 Å². The van der Waals surface area contributed by atoms with Crippen molar-refractivity contribution in [3.05, 3.63) is 0 Å². The Morgan fingerprint density at radius 3 is 1.20 bits per heavy atom. The number of Topliss-reactive ketones (excluding diaryl/α,β-unsaturated/α-hetero) is 1. The van der Waals surface area contributed by atoms with Gasteiger partial charge in [0.2, 0.25) is 5.78 Å². The maximum absolute atomic E-state index is 9.54. The predicted molar refractivity (Wildman–Crippen MR) is 37.7 cm³/mol. The molecule has 0 saturated carbocycles. The molecule has 0 aliphatic carbocycles. The molecule has 0 radical (unpaired) electrons. The molecule has 0 aromatic rings. The van der Waals surface area contributed by atoms with Gasteiger partial charge in [0.1, 0.15) is 0 Å². The number of hydrogen-bond donors (Lipinski definition) is 1. The van der Waals surface area contributed by atoms with Crippen LogP contribution in [0.25, 0.3) is 0 Å². The molecule has 0 heterocycles. The first-order valence-electron chi connectivity index (χ1n) is 1.38. The van der Waals surface area contributed by atoms with Crippen LogP contribution in [0.3, 0.4) is 0 Å². The van der Waals surface area contributed by atoms with Crippen molar-refractivity contribution in [3.8, 4) is 0 Å². The average molecular weight is 184 g/mol. The number of rotatable bonds is 1. The van der Waals surface area contributed by atoms with Crippen LogP contribution in [-0.4, -0.2) is 71.0 Å². The molecule has 62 valence electrons. The third kappa shape index (κ3) is 24.0. The number of carbonyl (C=O) groups excluding carboxylic acids is 1. The summed E-state index contributed by atoms with van der Waals surface area (Å²) in [4.78, 5) is 18.9. The summed E-state index contributed by atoms with van der Waals surface area (Å²) in [5.74, 6) is -2.20. The zero-order valence-electron chi connectivity index (χ0n) is 4.76. The zero-order chi connectivity index (χ0) is 5.15. The van der Waals surface area contributed by atoms with Gasteiger partial charge < -0.3 is 21.5 Å². The van der Waals surface area contributed by atoms with E-state index in [1.165, 1.54) is 0 Å². The first-order valence-corrected chi connectivity index (χ1v) is 1.38. The summed E-state index contributed by atoms with van der Waals surface area (Å²) in [6, 6.07) is 0. The van der Waals surface area contributed by atoms with Gasteiger partial charge in [-0.2, -0.15) is 0 Å². The molecule has 0 saturated heterocycles. The molecule has 0 aromatic carbocycles. The SMILES string of the molecule is CC(=O)C(=O)O.O.O.O.[CaH2]. The van der Waals surface area contributed by atoms with E-state index in [0.29, 0.717) is 0 Å². The molecular formula is C3H12CaO6. The minimum atomic E-state index is -1.38. The van der Waals surface area contributed by atoms with Crippen molar-refractivity contribution in [2.75, 3.05) is 0 Å². The van der Waals surface area contributed by atoms with Crippen LogP contribution >= 0.6 is 0 Å². The number of carboxylic acids is 1. The summed E-state index contributed by atoms with van der Waals surface area (Å²) in [5.41, 5.74) is 0. The Bertz CT molecular complexity index is 79.0. The quantitative estimate of drug-likeness (QED) is 0.329. The Hall–Kier alpha value is 0.280. The summed E-state index contributed by atoms with van der Waals surface area (Å²) < 4.78 is 0. The molecule has 6 nitrogen and oxygen atoms in total. The van der Waals surface area contributed by atoms with Gasteiger partial charge in [-0.3, -0.25) is 4.79 Å². The Kier molecular flexibility index (Phi) is 51.2. The van der Waals surface area contributed by atoms with E-state index >= 15 is 0 Å². The molecular weight excluding hydrogens is 172 g/mol. The second kappa shape index (κ2) is 16.1. The summed E-state index contributed by atoms with van der Waals surface area (Å²) >= 11 is 0. The summed E-state index contributed by atoms with van der Waals surface area (Å²) in [5, 5.41) is 7.64. The van der Waals surface area contributed by atoms with Crippen molar-refractivity contribution >= 4 is 49.5 Å². The molecule has 7 heteroatoms. The molecule has 0 fully saturated rings. The van der Waals surface area contributed by atoms with E-state index in [4.69, 9.17) is 5.11 Å². The fourth-order valence-electron chi connectivity index (χ4n) is 0. The van der Waals surface area contributed by atoms with E-state index < -0.39 is 11.8 Å². The number of aliphatic carboxylic acids is 1. The van der Waals surface area contributed by atoms with Gasteiger partial charge in [-0.1, -0.05) is 0 Å². The normalized spacial score (nSPS) is 4.50. The van der Waals surface area contributed by atoms with Gasteiger partial charge in [0, 0.05) is 6.92 Å². The molecule has 7 N–H and O–H groups in total. The van der Waals surface area contributed by atoms with Crippen molar-refractivity contribution in [3.63, 3.8) is 0 Å². The fraction of sp³-hybridized carbons (Fsp3) is 0.333. The molecule has 0 spiro atoms.